The van der Waals surface area contributed by atoms with Gasteiger partial charge >= 0.3 is 0 Å². The van der Waals surface area contributed by atoms with Gasteiger partial charge in [-0.05, 0) is 51.1 Å². The van der Waals surface area contributed by atoms with E-state index in [9.17, 15) is 0 Å². The first kappa shape index (κ1) is 19.9. The average molecular weight is 371 g/mol. The lowest BCUT2D eigenvalue weighted by Gasteiger charge is -2.32. The number of hydrogen-bond acceptors (Lipinski definition) is 5. The molecule has 2 heterocycles. The Kier molecular flexibility index (Phi) is 7.30. The van der Waals surface area contributed by atoms with Gasteiger partial charge in [0, 0.05) is 50.4 Å². The number of methoxy groups -OCH3 is 1. The molecule has 1 fully saturated rings. The molecule has 2 aromatic rings. The van der Waals surface area contributed by atoms with Crippen LogP contribution in [0.3, 0.4) is 0 Å². The maximum atomic E-state index is 5.47. The third-order valence-corrected chi connectivity index (χ3v) is 5.58. The Bertz CT molecular complexity index is 726. The van der Waals surface area contributed by atoms with E-state index >= 15 is 0 Å². The van der Waals surface area contributed by atoms with Crippen LogP contribution < -0.4 is 10.1 Å². The topological polar surface area (TPSA) is 40.6 Å². The summed E-state index contributed by atoms with van der Waals surface area (Å²) in [5, 5.41) is 4.74. The maximum Gasteiger partial charge on any atom is 0.121 e. The van der Waals surface area contributed by atoms with Crippen molar-refractivity contribution in [1.29, 1.82) is 0 Å². The molecule has 3 rings (SSSR count). The number of anilines is 1. The average Bonchev–Trinajstić information content (AvgIpc) is 2.69. The number of hydrogen-bond donors (Lipinski definition) is 1. The first-order chi connectivity index (χ1) is 13.2. The van der Waals surface area contributed by atoms with Crippen LogP contribution in [0.4, 0.5) is 5.69 Å². The van der Waals surface area contributed by atoms with Crippen LogP contribution in [0.15, 0.2) is 24.4 Å². The van der Waals surface area contributed by atoms with Gasteiger partial charge in [-0.15, -0.1) is 0 Å². The number of aryl methyl sites for hydroxylation is 1. The van der Waals surface area contributed by atoms with Gasteiger partial charge in [0.2, 0.25) is 0 Å². The summed E-state index contributed by atoms with van der Waals surface area (Å²) in [6, 6.07) is 6.18. The minimum Gasteiger partial charge on any atom is -0.497 e. The van der Waals surface area contributed by atoms with E-state index in [0.717, 1.165) is 28.9 Å². The summed E-state index contributed by atoms with van der Waals surface area (Å²) >= 11 is 0. The van der Waals surface area contributed by atoms with Gasteiger partial charge in [0.25, 0.3) is 0 Å². The lowest BCUT2D eigenvalue weighted by molar-refractivity contribution is 0.152. The maximum absolute atomic E-state index is 5.47. The van der Waals surface area contributed by atoms with Crippen molar-refractivity contribution < 1.29 is 4.74 Å². The van der Waals surface area contributed by atoms with E-state index in [2.05, 4.69) is 46.2 Å². The number of fused-ring (bicyclic) bond motifs is 1. The first-order valence-corrected chi connectivity index (χ1v) is 10.3. The molecule has 1 aliphatic rings. The zero-order valence-corrected chi connectivity index (χ0v) is 17.1. The highest BCUT2D eigenvalue weighted by atomic mass is 16.5. The second kappa shape index (κ2) is 9.90. The van der Waals surface area contributed by atoms with Crippen LogP contribution in [0.1, 0.15) is 31.2 Å². The Morgan fingerprint density at radius 2 is 1.85 bits per heavy atom. The van der Waals surface area contributed by atoms with Crippen molar-refractivity contribution in [3.05, 3.63) is 30.0 Å². The molecule has 5 heteroatoms. The molecule has 1 aliphatic heterocycles. The van der Waals surface area contributed by atoms with Crippen LogP contribution in [0.25, 0.3) is 10.9 Å². The van der Waals surface area contributed by atoms with Crippen LogP contribution in [-0.4, -0.2) is 68.2 Å². The Morgan fingerprint density at radius 3 is 2.63 bits per heavy atom. The summed E-state index contributed by atoms with van der Waals surface area (Å²) in [4.78, 5) is 9.60. The van der Waals surface area contributed by atoms with Crippen molar-refractivity contribution in [2.24, 2.45) is 0 Å². The Balaban J connectivity index is 1.41. The SMILES string of the molecule is COc1cc(NCCCCCCN2CCN(C)CC2)c2nccc(C)c2c1. The third-order valence-electron chi connectivity index (χ3n) is 5.58. The fraction of sp³-hybridized carbons (Fsp3) is 0.591. The van der Waals surface area contributed by atoms with E-state index in [1.807, 2.05) is 12.3 Å². The number of nitrogens with zero attached hydrogens (tertiary/aromatic N) is 3. The predicted molar refractivity (Wildman–Crippen MR) is 114 cm³/mol. The van der Waals surface area contributed by atoms with Crippen molar-refractivity contribution in [2.45, 2.75) is 32.6 Å². The van der Waals surface area contributed by atoms with Gasteiger partial charge in [-0.2, -0.15) is 0 Å². The smallest absolute Gasteiger partial charge is 0.121 e. The van der Waals surface area contributed by atoms with E-state index < -0.39 is 0 Å². The number of unbranched alkanes of at least 4 members (excludes halogenated alkanes) is 3. The molecule has 0 spiro atoms. The van der Waals surface area contributed by atoms with E-state index in [4.69, 9.17) is 4.74 Å². The van der Waals surface area contributed by atoms with Gasteiger partial charge in [-0.1, -0.05) is 12.8 Å². The van der Waals surface area contributed by atoms with Gasteiger partial charge in [0.15, 0.2) is 0 Å². The number of aromatic nitrogens is 1. The van der Waals surface area contributed by atoms with Crippen molar-refractivity contribution >= 4 is 16.6 Å². The largest absolute Gasteiger partial charge is 0.497 e. The molecule has 0 aliphatic carbocycles. The van der Waals surface area contributed by atoms with E-state index in [1.54, 1.807) is 7.11 Å². The van der Waals surface area contributed by atoms with Crippen LogP contribution in [-0.2, 0) is 0 Å². The molecule has 1 aromatic carbocycles. The summed E-state index contributed by atoms with van der Waals surface area (Å²) in [6.07, 6.45) is 6.97. The Hall–Kier alpha value is -1.85. The molecular formula is C22H34N4O. The molecule has 0 bridgehead atoms. The second-order valence-corrected chi connectivity index (χ2v) is 7.68. The summed E-state index contributed by atoms with van der Waals surface area (Å²) in [6.45, 7) is 9.24. The molecule has 1 saturated heterocycles. The Morgan fingerprint density at radius 1 is 1.07 bits per heavy atom. The molecule has 0 unspecified atom stereocenters. The molecule has 148 valence electrons. The molecule has 1 N–H and O–H groups in total. The van der Waals surface area contributed by atoms with Crippen LogP contribution in [0.2, 0.25) is 0 Å². The highest BCUT2D eigenvalue weighted by Crippen LogP contribution is 2.29. The van der Waals surface area contributed by atoms with E-state index in [-0.39, 0.29) is 0 Å². The molecule has 0 saturated carbocycles. The number of piperazine rings is 1. The zero-order valence-electron chi connectivity index (χ0n) is 17.1. The molecule has 0 atom stereocenters. The fourth-order valence-electron chi connectivity index (χ4n) is 3.72. The number of benzene rings is 1. The summed E-state index contributed by atoms with van der Waals surface area (Å²) < 4.78 is 5.47. The van der Waals surface area contributed by atoms with Crippen molar-refractivity contribution in [3.63, 3.8) is 0 Å². The lowest BCUT2D eigenvalue weighted by atomic mass is 10.1. The van der Waals surface area contributed by atoms with Crippen LogP contribution in [0, 0.1) is 6.92 Å². The van der Waals surface area contributed by atoms with Gasteiger partial charge in [0.05, 0.1) is 18.3 Å². The van der Waals surface area contributed by atoms with E-state index in [1.165, 1.54) is 64.0 Å². The van der Waals surface area contributed by atoms with Crippen LogP contribution >= 0.6 is 0 Å². The van der Waals surface area contributed by atoms with Crippen LogP contribution in [0.5, 0.6) is 5.75 Å². The minimum absolute atomic E-state index is 0.883. The van der Waals surface area contributed by atoms with Gasteiger partial charge in [-0.3, -0.25) is 4.98 Å². The number of nitrogens with one attached hydrogen (secondary N) is 1. The third kappa shape index (κ3) is 5.56. The first-order valence-electron chi connectivity index (χ1n) is 10.3. The summed E-state index contributed by atoms with van der Waals surface area (Å²) in [7, 11) is 3.93. The normalized spacial score (nSPS) is 16.0. The number of rotatable bonds is 9. The van der Waals surface area contributed by atoms with E-state index in [0.29, 0.717) is 0 Å². The number of ether oxygens (including phenoxy) is 1. The second-order valence-electron chi connectivity index (χ2n) is 7.68. The summed E-state index contributed by atoms with van der Waals surface area (Å²) in [5.74, 6) is 0.883. The van der Waals surface area contributed by atoms with Crippen molar-refractivity contribution in [2.75, 3.05) is 58.7 Å². The molecular weight excluding hydrogens is 336 g/mol. The molecule has 5 nitrogen and oxygen atoms in total. The number of pyridine rings is 1. The van der Waals surface area contributed by atoms with Crippen molar-refractivity contribution in [3.8, 4) is 5.75 Å². The monoisotopic (exact) mass is 370 g/mol. The van der Waals surface area contributed by atoms with Crippen molar-refractivity contribution in [1.82, 2.24) is 14.8 Å². The number of likely N-dealkylation sites (N-methyl/N-ethyl adjacent to an activating group) is 1. The minimum atomic E-state index is 0.883. The fourth-order valence-corrected chi connectivity index (χ4v) is 3.72. The standard InChI is InChI=1S/C22H34N4O/c1-18-8-10-24-22-20(18)16-19(27-3)17-21(22)23-9-6-4-5-7-11-26-14-12-25(2)13-15-26/h8,10,16-17,23H,4-7,9,11-15H2,1-3H3. The van der Waals surface area contributed by atoms with Gasteiger partial charge in [0.1, 0.15) is 5.75 Å². The molecule has 0 radical (unpaired) electrons. The quantitative estimate of drug-likeness (QED) is 0.681. The van der Waals surface area contributed by atoms with Gasteiger partial charge < -0.3 is 19.9 Å². The summed E-state index contributed by atoms with van der Waals surface area (Å²) in [5.41, 5.74) is 3.34. The molecule has 0 amide bonds. The molecule has 27 heavy (non-hydrogen) atoms. The highest BCUT2D eigenvalue weighted by Gasteiger charge is 2.12. The van der Waals surface area contributed by atoms with Gasteiger partial charge in [-0.25, -0.2) is 0 Å². The zero-order chi connectivity index (χ0) is 19.1. The Labute approximate surface area is 163 Å². The highest BCUT2D eigenvalue weighted by molar-refractivity contribution is 5.93. The predicted octanol–water partition coefficient (Wildman–Crippen LogP) is 3.77. The lowest BCUT2D eigenvalue weighted by Crippen LogP contribution is -2.44. The molecule has 1 aromatic heterocycles.